The van der Waals surface area contributed by atoms with Crippen LogP contribution < -0.4 is 5.32 Å². The fourth-order valence-electron chi connectivity index (χ4n) is 1.96. The van der Waals surface area contributed by atoms with Crippen molar-refractivity contribution in [3.63, 3.8) is 0 Å². The van der Waals surface area contributed by atoms with Crippen molar-refractivity contribution in [2.45, 2.75) is 12.3 Å². The molecule has 16 heavy (non-hydrogen) atoms. The Bertz CT molecular complexity index is 428. The van der Waals surface area contributed by atoms with Gasteiger partial charge in [0.15, 0.2) is 11.6 Å². The molecular weight excluding hydrogens is 216 g/mol. The summed E-state index contributed by atoms with van der Waals surface area (Å²) in [7, 11) is 0. The molecule has 2 N–H and O–H groups in total. The van der Waals surface area contributed by atoms with E-state index in [1.54, 1.807) is 0 Å². The van der Waals surface area contributed by atoms with Gasteiger partial charge in [-0.15, -0.1) is 0 Å². The smallest absolute Gasteiger partial charge is 0.338 e. The topological polar surface area (TPSA) is 49.3 Å². The maximum atomic E-state index is 13.6. The Balaban J connectivity index is 2.41. The lowest BCUT2D eigenvalue weighted by Crippen LogP contribution is -2.11. The average Bonchev–Trinajstić information content (AvgIpc) is 2.74. The molecule has 1 aromatic carbocycles. The second kappa shape index (κ2) is 4.17. The van der Waals surface area contributed by atoms with Crippen LogP contribution in [0.1, 0.15) is 28.3 Å². The molecular formula is C11H11F2NO2. The number of carboxylic acid groups (broad SMARTS) is 1. The van der Waals surface area contributed by atoms with Gasteiger partial charge in [-0.1, -0.05) is 6.07 Å². The SMILES string of the molecule is O=C(O)c1ccc(C2CCNC2)c(F)c1F. The molecule has 5 heteroatoms. The first-order valence-electron chi connectivity index (χ1n) is 5.03. The number of hydrogen-bond donors (Lipinski definition) is 2. The van der Waals surface area contributed by atoms with Gasteiger partial charge >= 0.3 is 5.97 Å². The lowest BCUT2D eigenvalue weighted by atomic mass is 9.96. The fourth-order valence-corrected chi connectivity index (χ4v) is 1.96. The number of rotatable bonds is 2. The van der Waals surface area contributed by atoms with Crippen molar-refractivity contribution in [1.29, 1.82) is 0 Å². The third-order valence-corrected chi connectivity index (χ3v) is 2.84. The summed E-state index contributed by atoms with van der Waals surface area (Å²) in [5.74, 6) is -3.82. The average molecular weight is 227 g/mol. The van der Waals surface area contributed by atoms with Crippen molar-refractivity contribution >= 4 is 5.97 Å². The first kappa shape index (κ1) is 11.0. The van der Waals surface area contributed by atoms with Gasteiger partial charge in [-0.05, 0) is 24.6 Å². The van der Waals surface area contributed by atoms with E-state index in [0.29, 0.717) is 6.54 Å². The zero-order valence-corrected chi connectivity index (χ0v) is 8.46. The summed E-state index contributed by atoms with van der Waals surface area (Å²) in [5, 5.41) is 11.7. The first-order chi connectivity index (χ1) is 7.61. The highest BCUT2D eigenvalue weighted by Crippen LogP contribution is 2.27. The van der Waals surface area contributed by atoms with Gasteiger partial charge in [0.2, 0.25) is 0 Å². The Kier molecular flexibility index (Phi) is 2.87. The van der Waals surface area contributed by atoms with Crippen LogP contribution in [0.3, 0.4) is 0 Å². The lowest BCUT2D eigenvalue weighted by molar-refractivity contribution is 0.0690. The molecule has 1 atom stereocenters. The fraction of sp³-hybridized carbons (Fsp3) is 0.364. The van der Waals surface area contributed by atoms with E-state index in [-0.39, 0.29) is 11.5 Å². The van der Waals surface area contributed by atoms with Gasteiger partial charge in [0.1, 0.15) is 0 Å². The molecule has 1 aliphatic rings. The molecule has 0 spiro atoms. The molecule has 0 radical (unpaired) electrons. The molecule has 1 aliphatic heterocycles. The molecule has 3 nitrogen and oxygen atoms in total. The molecule has 1 saturated heterocycles. The van der Waals surface area contributed by atoms with E-state index in [9.17, 15) is 13.6 Å². The number of benzene rings is 1. The standard InChI is InChI=1S/C11H11F2NO2/c12-9-7(6-3-4-14-5-6)1-2-8(10(9)13)11(15)16/h1-2,6,14H,3-5H2,(H,15,16). The second-order valence-corrected chi connectivity index (χ2v) is 3.83. The first-order valence-corrected chi connectivity index (χ1v) is 5.03. The largest absolute Gasteiger partial charge is 0.478 e. The van der Waals surface area contributed by atoms with E-state index in [0.717, 1.165) is 19.0 Å². The Morgan fingerprint density at radius 3 is 2.69 bits per heavy atom. The summed E-state index contributed by atoms with van der Waals surface area (Å²) in [6, 6.07) is 2.48. The highest BCUT2D eigenvalue weighted by molar-refractivity contribution is 5.88. The number of aromatic carboxylic acids is 1. The van der Waals surface area contributed by atoms with E-state index < -0.39 is 23.2 Å². The summed E-state index contributed by atoms with van der Waals surface area (Å²) in [6.07, 6.45) is 0.739. The number of halogens is 2. The highest BCUT2D eigenvalue weighted by Gasteiger charge is 2.24. The molecule has 0 aromatic heterocycles. The van der Waals surface area contributed by atoms with Crippen molar-refractivity contribution in [2.24, 2.45) is 0 Å². The van der Waals surface area contributed by atoms with Gasteiger partial charge in [-0.2, -0.15) is 0 Å². The van der Waals surface area contributed by atoms with Crippen molar-refractivity contribution in [2.75, 3.05) is 13.1 Å². The lowest BCUT2D eigenvalue weighted by Gasteiger charge is -2.11. The van der Waals surface area contributed by atoms with E-state index in [1.807, 2.05) is 0 Å². The Morgan fingerprint density at radius 2 is 2.12 bits per heavy atom. The maximum Gasteiger partial charge on any atom is 0.338 e. The molecule has 86 valence electrons. The van der Waals surface area contributed by atoms with Crippen LogP contribution in [0, 0.1) is 11.6 Å². The maximum absolute atomic E-state index is 13.6. The van der Waals surface area contributed by atoms with Crippen molar-refractivity contribution < 1.29 is 18.7 Å². The summed E-state index contributed by atoms with van der Waals surface area (Å²) in [6.45, 7) is 1.37. The minimum atomic E-state index is -1.45. The third-order valence-electron chi connectivity index (χ3n) is 2.84. The predicted molar refractivity (Wildman–Crippen MR) is 53.5 cm³/mol. The monoisotopic (exact) mass is 227 g/mol. The highest BCUT2D eigenvalue weighted by atomic mass is 19.2. The molecule has 1 aromatic rings. The molecule has 0 aliphatic carbocycles. The summed E-state index contributed by atoms with van der Waals surface area (Å²) in [5.41, 5.74) is -0.361. The molecule has 2 rings (SSSR count). The molecule has 1 unspecified atom stereocenters. The van der Waals surface area contributed by atoms with Crippen molar-refractivity contribution in [3.05, 3.63) is 34.9 Å². The Labute approximate surface area is 91.1 Å². The van der Waals surface area contributed by atoms with Gasteiger partial charge in [0.05, 0.1) is 5.56 Å². The van der Waals surface area contributed by atoms with Gasteiger partial charge in [0, 0.05) is 12.5 Å². The Hall–Kier alpha value is -1.49. The number of hydrogen-bond acceptors (Lipinski definition) is 2. The van der Waals surface area contributed by atoms with Crippen molar-refractivity contribution in [3.8, 4) is 0 Å². The van der Waals surface area contributed by atoms with Gasteiger partial charge in [-0.3, -0.25) is 0 Å². The predicted octanol–water partition coefficient (Wildman–Crippen LogP) is 1.74. The normalized spacial score (nSPS) is 20.0. The minimum absolute atomic E-state index is 0.0719. The van der Waals surface area contributed by atoms with Crippen LogP contribution in [0.2, 0.25) is 0 Å². The van der Waals surface area contributed by atoms with Crippen LogP contribution in [0.15, 0.2) is 12.1 Å². The van der Waals surface area contributed by atoms with E-state index >= 15 is 0 Å². The molecule has 0 amide bonds. The third kappa shape index (κ3) is 1.78. The Morgan fingerprint density at radius 1 is 1.38 bits per heavy atom. The second-order valence-electron chi connectivity index (χ2n) is 3.83. The van der Waals surface area contributed by atoms with Gasteiger partial charge in [-0.25, -0.2) is 13.6 Å². The molecule has 0 saturated carbocycles. The molecule has 1 heterocycles. The zero-order valence-electron chi connectivity index (χ0n) is 8.46. The van der Waals surface area contributed by atoms with Gasteiger partial charge < -0.3 is 10.4 Å². The van der Waals surface area contributed by atoms with Crippen LogP contribution >= 0.6 is 0 Å². The van der Waals surface area contributed by atoms with Crippen LogP contribution in [0.25, 0.3) is 0 Å². The van der Waals surface area contributed by atoms with Crippen molar-refractivity contribution in [1.82, 2.24) is 5.32 Å². The number of nitrogens with one attached hydrogen (secondary N) is 1. The summed E-state index contributed by atoms with van der Waals surface area (Å²) < 4.78 is 27.0. The number of carbonyl (C=O) groups is 1. The van der Waals surface area contributed by atoms with Crippen LogP contribution in [-0.4, -0.2) is 24.2 Å². The molecule has 0 bridgehead atoms. The summed E-state index contributed by atoms with van der Waals surface area (Å²) >= 11 is 0. The van der Waals surface area contributed by atoms with E-state index in [1.165, 1.54) is 6.07 Å². The van der Waals surface area contributed by atoms with E-state index in [4.69, 9.17) is 5.11 Å². The quantitative estimate of drug-likeness (QED) is 0.809. The van der Waals surface area contributed by atoms with Crippen LogP contribution in [0.4, 0.5) is 8.78 Å². The molecule has 1 fully saturated rings. The van der Waals surface area contributed by atoms with Gasteiger partial charge in [0.25, 0.3) is 0 Å². The summed E-state index contributed by atoms with van der Waals surface area (Å²) in [4.78, 5) is 10.6. The van der Waals surface area contributed by atoms with Crippen LogP contribution in [0.5, 0.6) is 0 Å². The minimum Gasteiger partial charge on any atom is -0.478 e. The van der Waals surface area contributed by atoms with Crippen LogP contribution in [-0.2, 0) is 0 Å². The van der Waals surface area contributed by atoms with E-state index in [2.05, 4.69) is 5.32 Å². The zero-order chi connectivity index (χ0) is 11.7. The number of carboxylic acids is 1.